The van der Waals surface area contributed by atoms with Crippen molar-refractivity contribution < 1.29 is 50.3 Å². The summed E-state index contributed by atoms with van der Waals surface area (Å²) in [6.45, 7) is -0.937. The van der Waals surface area contributed by atoms with E-state index in [0.717, 1.165) is 30.8 Å². The van der Waals surface area contributed by atoms with E-state index in [9.17, 15) is 35.7 Å². The van der Waals surface area contributed by atoms with Crippen LogP contribution in [0.15, 0.2) is 45.6 Å². The lowest BCUT2D eigenvalue weighted by Gasteiger charge is -2.37. The molecule has 2 aromatic heterocycles. The second kappa shape index (κ2) is 23.8. The molecule has 10 N–H and O–H groups in total. The molecule has 25 heteroatoms. The average molecular weight is 997 g/mol. The predicted molar refractivity (Wildman–Crippen MR) is 236 cm³/mol. The fourth-order valence-corrected chi connectivity index (χ4v) is 7.11. The highest BCUT2D eigenvalue weighted by atomic mass is 127. The van der Waals surface area contributed by atoms with Crippen LogP contribution < -0.4 is 0 Å². The fraction of sp³-hybridized carbons (Fsp3) is 0.419. The highest BCUT2D eigenvalue weighted by Gasteiger charge is 2.43. The molecule has 10 atom stereocenters. The molecule has 6 rings (SSSR count). The van der Waals surface area contributed by atoms with E-state index in [0.29, 0.717) is 5.56 Å². The van der Waals surface area contributed by atoms with E-state index < -0.39 is 93.4 Å². The number of H-pyrrole nitrogens is 2. The van der Waals surface area contributed by atoms with Crippen LogP contribution in [0.2, 0.25) is 0 Å². The summed E-state index contributed by atoms with van der Waals surface area (Å²) in [5.41, 5.74) is 2.49. The Morgan fingerprint density at radius 1 is 0.714 bits per heavy atom. The summed E-state index contributed by atoms with van der Waals surface area (Å²) >= 11 is 9.09. The molecule has 2 saturated heterocycles. The first-order valence-corrected chi connectivity index (χ1v) is 18.9. The number of fused-ring (bicyclic) bond motifs is 2. The normalized spacial score (nSPS) is 26.5. The van der Waals surface area contributed by atoms with Gasteiger partial charge in [-0.25, -0.2) is 0 Å². The molecule has 14 nitrogen and oxygen atoms in total. The zero-order chi connectivity index (χ0) is 41.1. The second-order valence-electron chi connectivity index (χ2n) is 12.2. The van der Waals surface area contributed by atoms with Gasteiger partial charge in [-0.2, -0.15) is 10.2 Å². The Balaban J connectivity index is 0.000000280. The largest absolute Gasteiger partial charge is 0.394 e. The van der Waals surface area contributed by atoms with Gasteiger partial charge >= 0.3 is 0 Å². The van der Waals surface area contributed by atoms with Gasteiger partial charge < -0.3 is 50.3 Å². The summed E-state index contributed by atoms with van der Waals surface area (Å²) in [5.74, 6) is 7.74. The topological polar surface area (TPSA) is 238 Å². The number of nitrogens with one attached hydrogen (secondary N) is 2. The van der Waals surface area contributed by atoms with Gasteiger partial charge in [0.25, 0.3) is 0 Å². The number of aliphatic hydroxyl groups excluding tert-OH is 8. The van der Waals surface area contributed by atoms with Crippen molar-refractivity contribution in [1.82, 2.24) is 20.4 Å². The number of aromatic amines is 2. The molecule has 56 heavy (non-hydrogen) atoms. The van der Waals surface area contributed by atoms with Crippen molar-refractivity contribution in [2.75, 3.05) is 13.2 Å². The molecule has 2 aliphatic heterocycles. The van der Waals surface area contributed by atoms with Gasteiger partial charge in [0.15, 0.2) is 0 Å². The number of hydrogen-bond donors (Lipinski definition) is 10. The van der Waals surface area contributed by atoms with Crippen LogP contribution in [0.1, 0.15) is 13.0 Å². The third kappa shape index (κ3) is 13.4. The maximum atomic E-state index is 9.98. The Bertz CT molecular complexity index is 1930. The van der Waals surface area contributed by atoms with Crippen molar-refractivity contribution in [3.05, 3.63) is 54.7 Å². The maximum absolute atomic E-state index is 9.98. The van der Waals surface area contributed by atoms with Crippen molar-refractivity contribution in [3.8, 4) is 24.2 Å². The van der Waals surface area contributed by atoms with E-state index >= 15 is 0 Å². The number of aromatic nitrogens is 4. The van der Waals surface area contributed by atoms with Crippen LogP contribution in [0.3, 0.4) is 0 Å². The zero-order valence-corrected chi connectivity index (χ0v) is 34.1. The molecule has 4 aromatic rings. The fourth-order valence-electron chi connectivity index (χ4n) is 4.96. The van der Waals surface area contributed by atoms with E-state index in [1.165, 1.54) is 3.57 Å². The minimum absolute atomic E-state index is 0. The Hall–Kier alpha value is -1.69. The number of aliphatic hydroxyl groups is 8. The molecule has 2 aromatic carbocycles. The summed E-state index contributed by atoms with van der Waals surface area (Å²) in [6, 6.07) is 7.78. The van der Waals surface area contributed by atoms with E-state index in [2.05, 4.69) is 98.7 Å². The van der Waals surface area contributed by atoms with Gasteiger partial charge in [-0.05, 0) is 46.9 Å². The third-order valence-electron chi connectivity index (χ3n) is 8.17. The van der Waals surface area contributed by atoms with Crippen LogP contribution in [0.5, 0.6) is 0 Å². The van der Waals surface area contributed by atoms with Crippen LogP contribution in [0.25, 0.3) is 21.8 Å². The molecular weight excluding hydrogens is 962 g/mol. The molecule has 10 radical (unpaired) electrons. The van der Waals surface area contributed by atoms with Gasteiger partial charge in [0.1, 0.15) is 61.0 Å². The number of halogens is 3. The number of nitrogens with zero attached hydrogens (tertiary/aromatic N) is 2. The van der Waals surface area contributed by atoms with Crippen molar-refractivity contribution in [2.45, 2.75) is 68.5 Å². The van der Waals surface area contributed by atoms with Crippen LogP contribution in [-0.2, 0) is 9.47 Å². The third-order valence-corrected chi connectivity index (χ3v) is 9.93. The molecule has 2 fully saturated rings. The average Bonchev–Trinajstić information content (AvgIpc) is 3.83. The molecule has 0 saturated carbocycles. The van der Waals surface area contributed by atoms with Crippen LogP contribution in [0, 0.1) is 27.8 Å². The first-order chi connectivity index (χ1) is 25.9. The summed E-state index contributed by atoms with van der Waals surface area (Å²) in [4.78, 5) is 0. The first-order valence-electron chi connectivity index (χ1n) is 16.2. The summed E-state index contributed by atoms with van der Waals surface area (Å²) in [7, 11) is 25.8. The van der Waals surface area contributed by atoms with Gasteiger partial charge in [0, 0.05) is 81.1 Å². The molecule has 4 heterocycles. The van der Waals surface area contributed by atoms with Crippen LogP contribution in [-0.4, -0.2) is 193 Å². The predicted octanol–water partition coefficient (Wildman–Crippen LogP) is -2.50. The zero-order valence-electron chi connectivity index (χ0n) is 28.8. The monoisotopic (exact) mass is 996 g/mol. The van der Waals surface area contributed by atoms with Crippen LogP contribution in [0.4, 0.5) is 0 Å². The standard InChI is InChI=1S/C15H15BrN2O5.C8H12O5.C7H4BrIN2.CH4.B8/c16-9-3-7(12-8(4-9)5-17-18-12)1-2-10-13(20)15(22)14(21)11(6-19)23-10;1-2-4-6(10)8(12)7(11)5(3-9)13-4;8-5-1-4-3-10-11-7(4)6(9)2-5;;1-6(2)8(5)7(3)4/h3-5,10-11,13-15,19-22H,6H2,(H,17,18);1,4-12H,3H2;1-3H,(H,10,11);1H4;/t10-,11-,13-,14-,15-;4-,5-,6-,7-,8-;;;/m11.../s1. The SMILES string of the molecule is Brc1cc(I)c2[nH]ncc2c1.C.C#C[C@H]1O[C@H](CO)[C@@H](O)[C@H](O)[C@@H]1O.OC[C@H]1O[C@H](C#Cc2cc(Br)cc3cn[nH]c23)[C@@H](O)[C@@H](O)[C@@H]1O.[B]B([B])B([B])B([B])[B]. The van der Waals surface area contributed by atoms with Crippen molar-refractivity contribution in [2.24, 2.45) is 0 Å². The summed E-state index contributed by atoms with van der Waals surface area (Å²) < 4.78 is 13.4. The maximum Gasteiger partial charge on any atom is 0.147 e. The molecular formula is C31H35B8Br2IN4O10. The van der Waals surface area contributed by atoms with Crippen molar-refractivity contribution >= 4 is 134 Å². The summed E-state index contributed by atoms with van der Waals surface area (Å²) in [6.07, 6.45) is -5.42. The number of benzene rings is 2. The molecule has 284 valence electrons. The highest BCUT2D eigenvalue weighted by Crippen LogP contribution is 2.25. The van der Waals surface area contributed by atoms with Gasteiger partial charge in [-0.1, -0.05) is 57.0 Å². The van der Waals surface area contributed by atoms with E-state index in [4.69, 9.17) is 59.7 Å². The molecule has 0 spiro atoms. The van der Waals surface area contributed by atoms with Gasteiger partial charge in [0.05, 0.1) is 42.2 Å². The molecule has 2 aliphatic rings. The van der Waals surface area contributed by atoms with Gasteiger partial charge in [-0.15, -0.1) is 6.42 Å². The Morgan fingerprint density at radius 2 is 1.16 bits per heavy atom. The van der Waals surface area contributed by atoms with Crippen LogP contribution >= 0.6 is 54.5 Å². The van der Waals surface area contributed by atoms with Crippen molar-refractivity contribution in [3.63, 3.8) is 0 Å². The minimum atomic E-state index is -1.44. The lowest BCUT2D eigenvalue weighted by atomic mass is 8.68. The quantitative estimate of drug-likeness (QED) is 0.0581. The molecule has 0 bridgehead atoms. The Labute approximate surface area is 363 Å². The molecule has 0 unspecified atom stereocenters. The van der Waals surface area contributed by atoms with E-state index in [1.54, 1.807) is 12.3 Å². The lowest BCUT2D eigenvalue weighted by Crippen LogP contribution is -2.58. The van der Waals surface area contributed by atoms with Crippen molar-refractivity contribution in [1.29, 1.82) is 0 Å². The number of hydrogen-bond acceptors (Lipinski definition) is 12. The number of terminal acetylenes is 1. The number of ether oxygens (including phenoxy) is 2. The lowest BCUT2D eigenvalue weighted by molar-refractivity contribution is -0.214. The second-order valence-corrected chi connectivity index (χ2v) is 15.2. The van der Waals surface area contributed by atoms with Gasteiger partial charge in [-0.3, -0.25) is 10.2 Å². The first kappa shape index (κ1) is 50.5. The Morgan fingerprint density at radius 3 is 1.62 bits per heavy atom. The number of rotatable bonds is 4. The van der Waals surface area contributed by atoms with E-state index in [-0.39, 0.29) is 7.43 Å². The van der Waals surface area contributed by atoms with Gasteiger partial charge in [0.2, 0.25) is 0 Å². The molecule has 0 amide bonds. The smallest absolute Gasteiger partial charge is 0.147 e. The highest BCUT2D eigenvalue weighted by molar-refractivity contribution is 14.1. The Kier molecular flexibility index (Phi) is 21.4. The minimum Gasteiger partial charge on any atom is -0.394 e. The van der Waals surface area contributed by atoms with E-state index in [1.807, 2.05) is 18.3 Å². The molecule has 0 aliphatic carbocycles. The summed E-state index contributed by atoms with van der Waals surface area (Å²) in [5, 5.41) is 90.9.